The van der Waals surface area contributed by atoms with Gasteiger partial charge >= 0.3 is 0 Å². The Hall–Kier alpha value is -0.0900. The van der Waals surface area contributed by atoms with Crippen LogP contribution < -0.4 is 5.32 Å². The van der Waals surface area contributed by atoms with Gasteiger partial charge in [-0.05, 0) is 38.6 Å². The summed E-state index contributed by atoms with van der Waals surface area (Å²) in [7, 11) is -1.06. The lowest BCUT2D eigenvalue weighted by molar-refractivity contribution is 0.211. The Kier molecular flexibility index (Phi) is 5.45. The van der Waals surface area contributed by atoms with Crippen LogP contribution in [0, 0.1) is 11.8 Å². The fraction of sp³-hybridized carbons (Fsp3) is 1.00. The molecular weight excluding hydrogens is 234 g/mol. The Morgan fingerprint density at radius 1 is 1.35 bits per heavy atom. The first kappa shape index (κ1) is 15.0. The highest BCUT2D eigenvalue weighted by molar-refractivity contribution is 7.91. The second kappa shape index (κ2) is 6.19. The van der Waals surface area contributed by atoms with Crippen molar-refractivity contribution in [2.45, 2.75) is 57.2 Å². The molecular formula is C13H27NO2S. The predicted molar refractivity (Wildman–Crippen MR) is 72.9 cm³/mol. The fourth-order valence-electron chi connectivity index (χ4n) is 3.15. The molecule has 0 aromatic rings. The quantitative estimate of drug-likeness (QED) is 0.825. The molecule has 4 atom stereocenters. The molecule has 1 aliphatic carbocycles. The van der Waals surface area contributed by atoms with Gasteiger partial charge in [0.15, 0.2) is 9.84 Å². The summed E-state index contributed by atoms with van der Waals surface area (Å²) in [5.74, 6) is 1.31. The average Bonchev–Trinajstić information content (AvgIpc) is 2.29. The smallest absolute Gasteiger partial charge is 0.151 e. The SMILES string of the molecule is CCC1CCCC(C(NC)C(C)S(C)(=O)=O)C1. The van der Waals surface area contributed by atoms with Crippen LogP contribution in [0.2, 0.25) is 0 Å². The Morgan fingerprint density at radius 2 is 2.00 bits per heavy atom. The van der Waals surface area contributed by atoms with Crippen molar-refractivity contribution in [1.82, 2.24) is 5.32 Å². The zero-order valence-corrected chi connectivity index (χ0v) is 12.4. The van der Waals surface area contributed by atoms with Crippen LogP contribution >= 0.6 is 0 Å². The molecule has 0 bridgehead atoms. The third kappa shape index (κ3) is 3.95. The van der Waals surface area contributed by atoms with Gasteiger partial charge in [-0.2, -0.15) is 0 Å². The van der Waals surface area contributed by atoms with Crippen molar-refractivity contribution in [3.63, 3.8) is 0 Å². The van der Waals surface area contributed by atoms with Crippen molar-refractivity contribution in [2.75, 3.05) is 13.3 Å². The van der Waals surface area contributed by atoms with Crippen LogP contribution in [0.25, 0.3) is 0 Å². The van der Waals surface area contributed by atoms with E-state index in [4.69, 9.17) is 0 Å². The highest BCUT2D eigenvalue weighted by atomic mass is 32.2. The molecule has 17 heavy (non-hydrogen) atoms. The van der Waals surface area contributed by atoms with Crippen molar-refractivity contribution in [3.8, 4) is 0 Å². The standard InChI is InChI=1S/C13H27NO2S/c1-5-11-7-6-8-12(9-11)13(14-3)10(2)17(4,15)16/h10-14H,5-9H2,1-4H3. The maximum atomic E-state index is 11.7. The van der Waals surface area contributed by atoms with Gasteiger partial charge < -0.3 is 5.32 Å². The number of hydrogen-bond donors (Lipinski definition) is 1. The van der Waals surface area contributed by atoms with E-state index in [1.54, 1.807) is 0 Å². The molecule has 1 rings (SSSR count). The van der Waals surface area contributed by atoms with Gasteiger partial charge in [0.2, 0.25) is 0 Å². The monoisotopic (exact) mass is 261 g/mol. The zero-order valence-electron chi connectivity index (χ0n) is 11.6. The van der Waals surface area contributed by atoms with Gasteiger partial charge in [0.25, 0.3) is 0 Å². The molecule has 0 spiro atoms. The Balaban J connectivity index is 2.73. The van der Waals surface area contributed by atoms with Gasteiger partial charge in [0.1, 0.15) is 0 Å². The molecule has 1 N–H and O–H groups in total. The molecule has 0 radical (unpaired) electrons. The minimum absolute atomic E-state index is 0.111. The second-order valence-corrected chi connectivity index (χ2v) is 7.95. The molecule has 0 aliphatic heterocycles. The van der Waals surface area contributed by atoms with Crippen LogP contribution in [-0.4, -0.2) is 33.0 Å². The highest BCUT2D eigenvalue weighted by Gasteiger charge is 2.34. The molecule has 4 unspecified atom stereocenters. The molecule has 0 aromatic heterocycles. The van der Waals surface area contributed by atoms with E-state index in [2.05, 4.69) is 12.2 Å². The van der Waals surface area contributed by atoms with Crippen LogP contribution in [-0.2, 0) is 9.84 Å². The van der Waals surface area contributed by atoms with E-state index in [0.29, 0.717) is 5.92 Å². The summed E-state index contributed by atoms with van der Waals surface area (Å²) in [5, 5.41) is 2.96. The third-order valence-corrected chi connectivity index (χ3v) is 6.07. The first-order valence-corrected chi connectivity index (χ1v) is 8.71. The van der Waals surface area contributed by atoms with Crippen LogP contribution in [0.1, 0.15) is 46.0 Å². The van der Waals surface area contributed by atoms with Crippen LogP contribution in [0.5, 0.6) is 0 Å². The summed E-state index contributed by atoms with van der Waals surface area (Å²) in [4.78, 5) is 0. The first-order valence-electron chi connectivity index (χ1n) is 6.76. The zero-order chi connectivity index (χ0) is 13.1. The lowest BCUT2D eigenvalue weighted by Gasteiger charge is -2.36. The van der Waals surface area contributed by atoms with E-state index < -0.39 is 9.84 Å². The van der Waals surface area contributed by atoms with Gasteiger partial charge in [0.05, 0.1) is 5.25 Å². The van der Waals surface area contributed by atoms with Gasteiger partial charge in [-0.3, -0.25) is 0 Å². The van der Waals surface area contributed by atoms with Crippen LogP contribution in [0.15, 0.2) is 0 Å². The topological polar surface area (TPSA) is 46.2 Å². The summed E-state index contributed by atoms with van der Waals surface area (Å²) >= 11 is 0. The maximum absolute atomic E-state index is 11.7. The van der Waals surface area contributed by atoms with Crippen molar-refractivity contribution in [1.29, 1.82) is 0 Å². The van der Waals surface area contributed by atoms with Gasteiger partial charge in [-0.25, -0.2) is 8.42 Å². The fourth-order valence-corrected chi connectivity index (χ4v) is 4.04. The molecule has 102 valence electrons. The third-order valence-electron chi connectivity index (χ3n) is 4.42. The normalized spacial score (nSPS) is 29.9. The van der Waals surface area contributed by atoms with Crippen molar-refractivity contribution < 1.29 is 8.42 Å². The lowest BCUT2D eigenvalue weighted by Crippen LogP contribution is -2.47. The van der Waals surface area contributed by atoms with Gasteiger partial charge in [-0.1, -0.05) is 26.2 Å². The number of rotatable bonds is 5. The van der Waals surface area contributed by atoms with Gasteiger partial charge in [-0.15, -0.1) is 0 Å². The van der Waals surface area contributed by atoms with E-state index in [-0.39, 0.29) is 11.3 Å². The second-order valence-electron chi connectivity index (χ2n) is 5.55. The molecule has 3 nitrogen and oxygen atoms in total. The summed E-state index contributed by atoms with van der Waals surface area (Å²) in [6.45, 7) is 4.08. The number of hydrogen-bond acceptors (Lipinski definition) is 3. The Labute approximate surface area is 106 Å². The van der Waals surface area contributed by atoms with Crippen molar-refractivity contribution in [3.05, 3.63) is 0 Å². The molecule has 0 amide bonds. The summed E-state index contributed by atoms with van der Waals surface area (Å²) in [6, 6.07) is 0.111. The number of sulfone groups is 1. The molecule has 4 heteroatoms. The summed E-state index contributed by atoms with van der Waals surface area (Å²) < 4.78 is 23.4. The van der Waals surface area contributed by atoms with Gasteiger partial charge in [0, 0.05) is 12.3 Å². The summed E-state index contributed by atoms with van der Waals surface area (Å²) in [6.07, 6.45) is 7.49. The molecule has 0 saturated heterocycles. The Bertz CT molecular complexity index is 326. The van der Waals surface area contributed by atoms with E-state index in [9.17, 15) is 8.42 Å². The Morgan fingerprint density at radius 3 is 2.47 bits per heavy atom. The van der Waals surface area contributed by atoms with E-state index in [0.717, 1.165) is 5.92 Å². The maximum Gasteiger partial charge on any atom is 0.151 e. The predicted octanol–water partition coefficient (Wildman–Crippen LogP) is 2.22. The molecule has 1 aliphatic rings. The van der Waals surface area contributed by atoms with E-state index >= 15 is 0 Å². The van der Waals surface area contributed by atoms with Crippen LogP contribution in [0.4, 0.5) is 0 Å². The lowest BCUT2D eigenvalue weighted by atomic mass is 9.76. The van der Waals surface area contributed by atoms with E-state index in [1.165, 1.54) is 38.4 Å². The average molecular weight is 261 g/mol. The first-order chi connectivity index (χ1) is 7.90. The van der Waals surface area contributed by atoms with Crippen molar-refractivity contribution >= 4 is 9.84 Å². The number of nitrogens with one attached hydrogen (secondary N) is 1. The largest absolute Gasteiger partial charge is 0.315 e. The van der Waals surface area contributed by atoms with Crippen LogP contribution in [0.3, 0.4) is 0 Å². The minimum Gasteiger partial charge on any atom is -0.315 e. The highest BCUT2D eigenvalue weighted by Crippen LogP contribution is 2.34. The molecule has 1 saturated carbocycles. The minimum atomic E-state index is -2.95. The molecule has 1 fully saturated rings. The van der Waals surface area contributed by atoms with E-state index in [1.807, 2.05) is 14.0 Å². The summed E-state index contributed by atoms with van der Waals surface area (Å²) in [5.41, 5.74) is 0. The molecule has 0 aromatic carbocycles. The molecule has 0 heterocycles. The van der Waals surface area contributed by atoms with Crippen molar-refractivity contribution in [2.24, 2.45) is 11.8 Å².